The first kappa shape index (κ1) is 104. The van der Waals surface area contributed by atoms with Crippen LogP contribution >= 0.6 is 134 Å². The molecule has 0 aliphatic carbocycles. The largest absolute Gasteiger partial charge is 0.497 e. The maximum atomic E-state index is 6.16. The lowest BCUT2D eigenvalue weighted by molar-refractivity contribution is 0.300. The second-order valence-electron chi connectivity index (χ2n) is 30.5. The van der Waals surface area contributed by atoms with Crippen LogP contribution in [0.25, 0.3) is 0 Å². The number of para-hydroxylation sites is 2. The number of methoxy groups -OCH3 is 3. The number of halogens is 7. The summed E-state index contributed by atoms with van der Waals surface area (Å²) < 4.78 is 51.0. The zero-order valence-corrected chi connectivity index (χ0v) is 85.1. The fourth-order valence-electron chi connectivity index (χ4n) is 12.2. The smallest absolute Gasteiger partial charge is 0.169 e. The Bertz CT molecular complexity index is 5270. The molecule has 0 N–H and O–H groups in total. The lowest BCUT2D eigenvalue weighted by Crippen LogP contribution is -2.18. The molecule has 23 heteroatoms. The molecule has 0 heterocycles. The van der Waals surface area contributed by atoms with E-state index < -0.39 is 0 Å². The van der Waals surface area contributed by atoms with Crippen LogP contribution in [0.2, 0.25) is 0 Å². The molecule has 9 nitrogen and oxygen atoms in total. The minimum atomic E-state index is 0.0311. The summed E-state index contributed by atoms with van der Waals surface area (Å²) in [6, 6.07) is 97.6. The molecule has 0 spiro atoms. The highest BCUT2D eigenvalue weighted by atomic mass is 35.7. The van der Waals surface area contributed by atoms with Crippen LogP contribution in [0.4, 0.5) is 0 Å². The van der Waals surface area contributed by atoms with Crippen LogP contribution in [0.1, 0.15) is 119 Å². The molecule has 0 aliphatic rings. The summed E-state index contributed by atoms with van der Waals surface area (Å²) >= 11 is 41.9. The third-order valence-corrected chi connectivity index (χ3v) is 27.0. The summed E-state index contributed by atoms with van der Waals surface area (Å²) in [6.07, 6.45) is 0. The van der Waals surface area contributed by atoms with Crippen molar-refractivity contribution in [3.05, 3.63) is 369 Å². The Kier molecular flexibility index (Phi) is 47.4. The lowest BCUT2D eigenvalue weighted by Gasteiger charge is -2.25. The Morgan fingerprint density at radius 2 is 0.573 bits per heavy atom. The molecular weight excluding hydrogens is 1820 g/mol. The SMILES string of the molecule is COc1cc(OC)c(OC)c(PCl)c1.Cc1cc(C(C)(C)C)cc(PCl)c1OCc1ccccc1.Cc1cc(C)c(OCc2ccccc2)c(PCl)c1.Cc1cc(PCl)c(OCc2ccccc2)c(C(C)(C)C)c1.Cc1ccc(OCc2ccccc2)c(PCl)c1.Cc1cccc(PCl)c1OCc1ccccc1.ClPc1ccccc1OCc1ccccc1. The second-order valence-corrected chi connectivity index (χ2v) is 39.5. The first-order valence-electron chi connectivity index (χ1n) is 39.9. The van der Waals surface area contributed by atoms with Gasteiger partial charge in [-0.05, 0) is 174 Å². The molecule has 0 fully saturated rings. The van der Waals surface area contributed by atoms with Gasteiger partial charge in [-0.15, -0.1) is 0 Å². The number of hydrogen-bond donors (Lipinski definition) is 0. The van der Waals surface area contributed by atoms with Gasteiger partial charge < -0.3 is 42.6 Å². The van der Waals surface area contributed by atoms with Gasteiger partial charge >= 0.3 is 0 Å². The van der Waals surface area contributed by atoms with Gasteiger partial charge in [-0.2, -0.15) is 0 Å². The summed E-state index contributed by atoms with van der Waals surface area (Å²) in [5.74, 6) is 7.50. The van der Waals surface area contributed by atoms with E-state index in [2.05, 4.69) is 179 Å². The van der Waals surface area contributed by atoms with Gasteiger partial charge in [0, 0.05) is 104 Å². The number of rotatable bonds is 28. The summed E-state index contributed by atoms with van der Waals surface area (Å²) in [7, 11) is 6.28. The van der Waals surface area contributed by atoms with Gasteiger partial charge in [0.1, 0.15) is 79.9 Å². The van der Waals surface area contributed by atoms with Gasteiger partial charge in [-0.1, -0.05) is 356 Å². The first-order valence-corrected chi connectivity index (χ1v) is 54.0. The Labute approximate surface area is 783 Å². The Morgan fingerprint density at radius 1 is 0.234 bits per heavy atom. The number of ether oxygens (including phenoxy) is 9. The first-order chi connectivity index (χ1) is 59.8. The van der Waals surface area contributed by atoms with E-state index >= 15 is 0 Å². The van der Waals surface area contributed by atoms with Crippen molar-refractivity contribution >= 4 is 171 Å². The van der Waals surface area contributed by atoms with Gasteiger partial charge in [0.05, 0.1) is 21.3 Å². The van der Waals surface area contributed by atoms with E-state index in [9.17, 15) is 0 Å². The third kappa shape index (κ3) is 35.6. The van der Waals surface area contributed by atoms with Crippen molar-refractivity contribution in [1.29, 1.82) is 0 Å². The average molecular weight is 1930 g/mol. The zero-order chi connectivity index (χ0) is 89.8. The van der Waals surface area contributed by atoms with Crippen molar-refractivity contribution < 1.29 is 42.6 Å². The normalized spacial score (nSPS) is 11.3. The van der Waals surface area contributed by atoms with Gasteiger partial charge in [0.15, 0.2) is 11.5 Å². The highest BCUT2D eigenvalue weighted by Crippen LogP contribution is 2.39. The monoisotopic (exact) mass is 1930 g/mol. The fraction of sp³-hybridized carbons (Fsp3) is 0.228. The predicted octanol–water partition coefficient (Wildman–Crippen LogP) is 29.0. The number of hydrogen-bond acceptors (Lipinski definition) is 9. The molecule has 654 valence electrons. The zero-order valence-electron chi connectivity index (χ0n) is 72.8. The van der Waals surface area contributed by atoms with Crippen molar-refractivity contribution in [2.45, 2.75) is 134 Å². The van der Waals surface area contributed by atoms with Gasteiger partial charge in [-0.25, -0.2) is 0 Å². The highest BCUT2D eigenvalue weighted by molar-refractivity contribution is 7.76. The summed E-state index contributed by atoms with van der Waals surface area (Å²) in [5.41, 5.74) is 16.8. The van der Waals surface area contributed by atoms with Gasteiger partial charge in [0.2, 0.25) is 0 Å². The summed E-state index contributed by atoms with van der Waals surface area (Å²) in [4.78, 5) is 0. The molecule has 0 aliphatic heterocycles. The van der Waals surface area contributed by atoms with E-state index in [0.29, 0.717) is 56.9 Å². The Morgan fingerprint density at radius 3 is 0.968 bits per heavy atom. The molecule has 0 saturated heterocycles. The molecule has 13 rings (SSSR count). The van der Waals surface area contributed by atoms with Crippen LogP contribution in [0.5, 0.6) is 51.7 Å². The third-order valence-electron chi connectivity index (χ3n) is 18.6. The van der Waals surface area contributed by atoms with Crippen LogP contribution < -0.4 is 79.8 Å². The molecule has 0 radical (unpaired) electrons. The van der Waals surface area contributed by atoms with Crippen LogP contribution in [-0.4, -0.2) is 21.3 Å². The minimum absolute atomic E-state index is 0.0311. The molecule has 7 atom stereocenters. The molecule has 13 aromatic rings. The molecule has 0 amide bonds. The second kappa shape index (κ2) is 56.4. The van der Waals surface area contributed by atoms with Crippen molar-refractivity contribution in [3.63, 3.8) is 0 Å². The van der Waals surface area contributed by atoms with Crippen LogP contribution in [-0.2, 0) is 50.5 Å². The molecule has 7 unspecified atom stereocenters. The average Bonchev–Trinajstić information content (AvgIpc) is 0.794. The summed E-state index contributed by atoms with van der Waals surface area (Å²) in [6.45, 7) is 29.2. The maximum Gasteiger partial charge on any atom is 0.169 e. The van der Waals surface area contributed by atoms with Crippen molar-refractivity contribution in [2.24, 2.45) is 0 Å². The minimum Gasteiger partial charge on any atom is -0.497 e. The predicted molar refractivity (Wildman–Crippen MR) is 552 cm³/mol. The molecule has 13 aromatic carbocycles. The maximum absolute atomic E-state index is 6.16. The molecule has 0 saturated carbocycles. The quantitative estimate of drug-likeness (QED) is 0.0445. The van der Waals surface area contributed by atoms with E-state index in [0.717, 1.165) is 99.4 Å². The van der Waals surface area contributed by atoms with E-state index in [4.69, 9.17) is 121 Å². The standard InChI is InChI=1S/2C18H22ClOP.C15H16ClOP.2C14H14ClOP.C13H12ClOP.C9H12ClO3P/c1-13-10-15(18(2,3)4)11-16(21-19)17(13)20-12-14-8-6-5-7-9-14;1-13-10-15(18(2,3)4)17(16(11-13)21-19)20-12-14-8-6-5-7-9-14;1-11-8-12(2)15(14(9-11)18-16)17-10-13-6-4-3-5-7-13;1-11-6-5-9-13(17-15)14(11)16-10-12-7-3-2-4-8-12;1-11-7-8-13(14(9-11)17-15)16-10-12-5-3-2-4-6-12;14-16-13-9-5-4-8-12(13)15-10-11-6-2-1-3-7-11;1-11-6-4-7(12-2)9(13-3)8(5-6)14-10/h2*5-11,21H,12H2,1-4H3;3-9,18H,10H2,1-2H3;2*2-9,17H,10H2,1H3;1-9,16H,10H2;4-5,14H,1-3H3. The van der Waals surface area contributed by atoms with Crippen molar-refractivity contribution in [2.75, 3.05) is 21.3 Å². The molecular formula is C101H112Cl7O9P7. The lowest BCUT2D eigenvalue weighted by atomic mass is 9.85. The van der Waals surface area contributed by atoms with Gasteiger partial charge in [0.25, 0.3) is 0 Å². The molecule has 124 heavy (non-hydrogen) atoms. The topological polar surface area (TPSA) is 83.1 Å². The molecule has 0 aromatic heterocycles. The van der Waals surface area contributed by atoms with Crippen molar-refractivity contribution in [1.82, 2.24) is 0 Å². The molecule has 0 bridgehead atoms. The van der Waals surface area contributed by atoms with Crippen molar-refractivity contribution in [3.8, 4) is 51.7 Å². The Hall–Kier alpha value is -6.90. The summed E-state index contributed by atoms with van der Waals surface area (Å²) in [5, 5.41) is 7.36. The van der Waals surface area contributed by atoms with E-state index in [-0.39, 0.29) is 66.4 Å². The number of aryl methyl sites for hydroxylation is 6. The van der Waals surface area contributed by atoms with Crippen LogP contribution in [0.3, 0.4) is 0 Å². The van der Waals surface area contributed by atoms with E-state index in [1.54, 1.807) is 27.4 Å². The van der Waals surface area contributed by atoms with E-state index in [1.807, 2.05) is 189 Å². The van der Waals surface area contributed by atoms with Gasteiger partial charge in [-0.3, -0.25) is 0 Å². The van der Waals surface area contributed by atoms with Crippen LogP contribution in [0.15, 0.2) is 291 Å². The highest BCUT2D eigenvalue weighted by Gasteiger charge is 2.24. The fourth-order valence-corrected chi connectivity index (χ4v) is 19.0. The number of benzene rings is 13. The van der Waals surface area contributed by atoms with E-state index in [1.165, 1.54) is 50.1 Å². The van der Waals surface area contributed by atoms with Crippen LogP contribution in [0, 0.1) is 41.5 Å². The Balaban J connectivity index is 0.000000199.